The SMILES string of the molecule is CC(C1CC1)N1CCCN2CCCCC2C1. The molecule has 2 heteroatoms. The van der Waals surface area contributed by atoms with Gasteiger partial charge in [0.2, 0.25) is 0 Å². The lowest BCUT2D eigenvalue weighted by molar-refractivity contribution is 0.117. The Kier molecular flexibility index (Phi) is 3.21. The van der Waals surface area contributed by atoms with Crippen molar-refractivity contribution in [3.8, 4) is 0 Å². The molecule has 2 nitrogen and oxygen atoms in total. The van der Waals surface area contributed by atoms with Crippen molar-refractivity contribution < 1.29 is 0 Å². The number of nitrogens with zero attached hydrogens (tertiary/aromatic N) is 2. The molecule has 2 unspecified atom stereocenters. The van der Waals surface area contributed by atoms with E-state index >= 15 is 0 Å². The molecule has 0 N–H and O–H groups in total. The van der Waals surface area contributed by atoms with Crippen LogP contribution < -0.4 is 0 Å². The van der Waals surface area contributed by atoms with Crippen molar-refractivity contribution in [3.63, 3.8) is 0 Å². The van der Waals surface area contributed by atoms with E-state index in [1.54, 1.807) is 0 Å². The lowest BCUT2D eigenvalue weighted by atomic mass is 10.0. The highest BCUT2D eigenvalue weighted by molar-refractivity contribution is 4.90. The lowest BCUT2D eigenvalue weighted by Gasteiger charge is -2.37. The summed E-state index contributed by atoms with van der Waals surface area (Å²) in [6, 6.07) is 1.75. The Labute approximate surface area is 100.0 Å². The molecule has 2 atom stereocenters. The molecule has 0 aromatic rings. The maximum atomic E-state index is 2.80. The third kappa shape index (κ3) is 2.28. The number of fused-ring (bicyclic) bond motifs is 1. The minimum Gasteiger partial charge on any atom is -0.299 e. The van der Waals surface area contributed by atoms with Gasteiger partial charge < -0.3 is 0 Å². The van der Waals surface area contributed by atoms with Gasteiger partial charge in [0.15, 0.2) is 0 Å². The van der Waals surface area contributed by atoms with Crippen LogP contribution in [0.4, 0.5) is 0 Å². The molecule has 0 amide bonds. The van der Waals surface area contributed by atoms with Crippen LogP contribution in [-0.2, 0) is 0 Å². The van der Waals surface area contributed by atoms with Crippen molar-refractivity contribution in [1.29, 1.82) is 0 Å². The third-order valence-corrected chi connectivity index (χ3v) is 4.97. The zero-order valence-corrected chi connectivity index (χ0v) is 10.7. The Hall–Kier alpha value is -0.0800. The summed E-state index contributed by atoms with van der Waals surface area (Å²) >= 11 is 0. The quantitative estimate of drug-likeness (QED) is 0.707. The molecule has 2 saturated heterocycles. The molecular formula is C14H26N2. The van der Waals surface area contributed by atoms with Crippen LogP contribution in [0.25, 0.3) is 0 Å². The Balaban J connectivity index is 1.63. The van der Waals surface area contributed by atoms with Crippen LogP contribution in [0.5, 0.6) is 0 Å². The van der Waals surface area contributed by atoms with Crippen LogP contribution in [0.3, 0.4) is 0 Å². The smallest absolute Gasteiger partial charge is 0.0223 e. The molecule has 0 aromatic heterocycles. The molecule has 0 aromatic carbocycles. The van der Waals surface area contributed by atoms with Crippen molar-refractivity contribution in [2.24, 2.45) is 5.92 Å². The van der Waals surface area contributed by atoms with Gasteiger partial charge in [0, 0.05) is 18.6 Å². The van der Waals surface area contributed by atoms with Gasteiger partial charge in [-0.1, -0.05) is 6.42 Å². The van der Waals surface area contributed by atoms with E-state index in [0.29, 0.717) is 0 Å². The molecular weight excluding hydrogens is 196 g/mol. The highest BCUT2D eigenvalue weighted by Crippen LogP contribution is 2.36. The van der Waals surface area contributed by atoms with Gasteiger partial charge in [-0.2, -0.15) is 0 Å². The number of hydrogen-bond donors (Lipinski definition) is 0. The molecule has 3 rings (SSSR count). The van der Waals surface area contributed by atoms with Crippen molar-refractivity contribution in [3.05, 3.63) is 0 Å². The van der Waals surface area contributed by atoms with E-state index in [2.05, 4.69) is 16.7 Å². The van der Waals surface area contributed by atoms with Crippen molar-refractivity contribution in [2.75, 3.05) is 26.2 Å². The first-order valence-electron chi connectivity index (χ1n) is 7.32. The van der Waals surface area contributed by atoms with E-state index in [1.165, 1.54) is 64.7 Å². The Morgan fingerprint density at radius 2 is 1.75 bits per heavy atom. The first kappa shape index (κ1) is 11.0. The highest BCUT2D eigenvalue weighted by atomic mass is 15.3. The predicted molar refractivity (Wildman–Crippen MR) is 67.6 cm³/mol. The van der Waals surface area contributed by atoms with Gasteiger partial charge in [-0.3, -0.25) is 9.80 Å². The molecule has 0 spiro atoms. The summed E-state index contributed by atoms with van der Waals surface area (Å²) in [5.74, 6) is 1.04. The molecule has 16 heavy (non-hydrogen) atoms. The monoisotopic (exact) mass is 222 g/mol. The zero-order valence-electron chi connectivity index (χ0n) is 10.7. The first-order valence-corrected chi connectivity index (χ1v) is 7.32. The normalized spacial score (nSPS) is 35.4. The molecule has 2 heterocycles. The van der Waals surface area contributed by atoms with Crippen LogP contribution in [0, 0.1) is 5.92 Å². The van der Waals surface area contributed by atoms with E-state index < -0.39 is 0 Å². The van der Waals surface area contributed by atoms with E-state index in [0.717, 1.165) is 18.0 Å². The molecule has 3 fully saturated rings. The average Bonchev–Trinajstić information content (AvgIpc) is 3.14. The lowest BCUT2D eigenvalue weighted by Crippen LogP contribution is -2.46. The van der Waals surface area contributed by atoms with E-state index in [1.807, 2.05) is 0 Å². The molecule has 92 valence electrons. The highest BCUT2D eigenvalue weighted by Gasteiger charge is 2.35. The molecule has 0 radical (unpaired) electrons. The second-order valence-corrected chi connectivity index (χ2v) is 6.11. The predicted octanol–water partition coefficient (Wildman–Crippen LogP) is 2.35. The third-order valence-electron chi connectivity index (χ3n) is 4.97. The fraction of sp³-hybridized carbons (Fsp3) is 1.00. The van der Waals surface area contributed by atoms with Crippen LogP contribution in [-0.4, -0.2) is 48.1 Å². The van der Waals surface area contributed by atoms with Crippen LogP contribution in [0.1, 0.15) is 45.4 Å². The molecule has 0 bridgehead atoms. The summed E-state index contributed by atoms with van der Waals surface area (Å²) in [7, 11) is 0. The van der Waals surface area contributed by atoms with E-state index in [9.17, 15) is 0 Å². The maximum Gasteiger partial charge on any atom is 0.0223 e. The Morgan fingerprint density at radius 1 is 0.938 bits per heavy atom. The van der Waals surface area contributed by atoms with Crippen LogP contribution in [0.15, 0.2) is 0 Å². The fourth-order valence-corrected chi connectivity index (χ4v) is 3.65. The van der Waals surface area contributed by atoms with Crippen molar-refractivity contribution in [1.82, 2.24) is 9.80 Å². The number of piperidine rings is 1. The Bertz CT molecular complexity index is 237. The standard InChI is InChI=1S/C14H26N2/c1-12(13-6-7-13)16-10-4-9-15-8-3-2-5-14(15)11-16/h12-14H,2-11H2,1H3. The van der Waals surface area contributed by atoms with Crippen LogP contribution >= 0.6 is 0 Å². The summed E-state index contributed by atoms with van der Waals surface area (Å²) in [5, 5.41) is 0. The van der Waals surface area contributed by atoms with Gasteiger partial charge >= 0.3 is 0 Å². The zero-order chi connectivity index (χ0) is 11.0. The molecule has 1 saturated carbocycles. The van der Waals surface area contributed by atoms with E-state index in [-0.39, 0.29) is 0 Å². The van der Waals surface area contributed by atoms with Crippen LogP contribution in [0.2, 0.25) is 0 Å². The van der Waals surface area contributed by atoms with Gasteiger partial charge in [-0.15, -0.1) is 0 Å². The van der Waals surface area contributed by atoms with Gasteiger partial charge in [0.1, 0.15) is 0 Å². The number of hydrogen-bond acceptors (Lipinski definition) is 2. The van der Waals surface area contributed by atoms with Gasteiger partial charge in [0.25, 0.3) is 0 Å². The topological polar surface area (TPSA) is 6.48 Å². The summed E-state index contributed by atoms with van der Waals surface area (Å²) in [5.41, 5.74) is 0. The minimum atomic E-state index is 0.863. The molecule has 3 aliphatic rings. The molecule has 1 aliphatic carbocycles. The summed E-state index contributed by atoms with van der Waals surface area (Å²) in [4.78, 5) is 5.57. The second kappa shape index (κ2) is 4.66. The van der Waals surface area contributed by atoms with Crippen molar-refractivity contribution >= 4 is 0 Å². The van der Waals surface area contributed by atoms with Crippen molar-refractivity contribution in [2.45, 2.75) is 57.5 Å². The maximum absolute atomic E-state index is 2.80. The number of rotatable bonds is 2. The fourth-order valence-electron chi connectivity index (χ4n) is 3.65. The summed E-state index contributed by atoms with van der Waals surface area (Å²) in [6.07, 6.45) is 8.74. The van der Waals surface area contributed by atoms with Gasteiger partial charge in [0.05, 0.1) is 0 Å². The summed E-state index contributed by atoms with van der Waals surface area (Å²) in [6.45, 7) is 7.91. The van der Waals surface area contributed by atoms with E-state index in [4.69, 9.17) is 0 Å². The van der Waals surface area contributed by atoms with Gasteiger partial charge in [-0.05, 0) is 64.6 Å². The summed E-state index contributed by atoms with van der Waals surface area (Å²) < 4.78 is 0. The first-order chi connectivity index (χ1) is 7.84. The Morgan fingerprint density at radius 3 is 2.56 bits per heavy atom. The second-order valence-electron chi connectivity index (χ2n) is 6.11. The average molecular weight is 222 g/mol. The molecule has 2 aliphatic heterocycles. The minimum absolute atomic E-state index is 0.863. The largest absolute Gasteiger partial charge is 0.299 e. The van der Waals surface area contributed by atoms with Gasteiger partial charge in [-0.25, -0.2) is 0 Å².